The van der Waals surface area contributed by atoms with Gasteiger partial charge in [0.1, 0.15) is 0 Å². The molecule has 0 atom stereocenters. The highest BCUT2D eigenvalue weighted by molar-refractivity contribution is 5.89. The van der Waals surface area contributed by atoms with Crippen molar-refractivity contribution < 1.29 is 33.4 Å². The van der Waals surface area contributed by atoms with Crippen molar-refractivity contribution in [2.75, 3.05) is 40.1 Å². The second-order valence-corrected chi connectivity index (χ2v) is 7.61. The summed E-state index contributed by atoms with van der Waals surface area (Å²) in [6.45, 7) is 0.793. The first kappa shape index (κ1) is 28.0. The summed E-state index contributed by atoms with van der Waals surface area (Å²) in [6, 6.07) is 17.2. The minimum Gasteiger partial charge on any atom is -0.445 e. The molecule has 0 saturated heterocycles. The molecule has 0 unspecified atom stereocenters. The molecular formula is C25H30N4O7. The second-order valence-electron chi connectivity index (χ2n) is 7.61. The van der Waals surface area contributed by atoms with Crippen LogP contribution in [-0.2, 0) is 33.4 Å². The molecule has 0 radical (unpaired) electrons. The summed E-state index contributed by atoms with van der Waals surface area (Å²) in [7, 11) is 1.77. The lowest BCUT2D eigenvalue weighted by molar-refractivity contribution is -0.143. The zero-order chi connectivity index (χ0) is 26.3. The molecule has 3 rings (SSSR count). The Bertz CT molecular complexity index is 1030. The third-order valence-corrected chi connectivity index (χ3v) is 5.08. The molecule has 0 bridgehead atoms. The number of fused-ring (bicyclic) bond motifs is 3. The van der Waals surface area contributed by atoms with E-state index in [9.17, 15) is 24.0 Å². The lowest BCUT2D eigenvalue weighted by atomic mass is 9.98. The van der Waals surface area contributed by atoms with Crippen molar-refractivity contribution in [1.29, 1.82) is 0 Å². The van der Waals surface area contributed by atoms with E-state index in [2.05, 4.69) is 74.5 Å². The van der Waals surface area contributed by atoms with Crippen LogP contribution in [0.15, 0.2) is 48.5 Å². The Morgan fingerprint density at radius 1 is 0.806 bits per heavy atom. The molecule has 0 aliphatic heterocycles. The third kappa shape index (κ3) is 8.84. The Labute approximate surface area is 208 Å². The van der Waals surface area contributed by atoms with Crippen LogP contribution in [0, 0.1) is 0 Å². The number of amides is 4. The largest absolute Gasteiger partial charge is 0.445 e. The van der Waals surface area contributed by atoms with E-state index < -0.39 is 23.7 Å². The second kappa shape index (κ2) is 14.9. The van der Waals surface area contributed by atoms with E-state index in [0.717, 1.165) is 6.61 Å². The molecule has 1 aliphatic rings. The van der Waals surface area contributed by atoms with E-state index in [1.54, 1.807) is 7.11 Å². The topological polar surface area (TPSA) is 152 Å². The molecule has 0 heterocycles. The fourth-order valence-electron chi connectivity index (χ4n) is 3.50. The molecule has 0 spiro atoms. The van der Waals surface area contributed by atoms with Crippen molar-refractivity contribution in [3.05, 3.63) is 59.7 Å². The van der Waals surface area contributed by atoms with Crippen LogP contribution >= 0.6 is 0 Å². The number of esters is 1. The van der Waals surface area contributed by atoms with Crippen LogP contribution in [0.2, 0.25) is 0 Å². The summed E-state index contributed by atoms with van der Waals surface area (Å²) in [5, 5.41) is 8.82. The first-order valence-corrected chi connectivity index (χ1v) is 11.1. The minimum absolute atomic E-state index is 0.236. The van der Waals surface area contributed by atoms with Gasteiger partial charge in [-0.2, -0.15) is 0 Å². The first-order chi connectivity index (χ1) is 17.4. The Kier molecular flexibility index (Phi) is 11.6. The maximum Gasteiger partial charge on any atom is 0.304 e. The van der Waals surface area contributed by atoms with Crippen molar-refractivity contribution in [2.24, 2.45) is 0 Å². The van der Waals surface area contributed by atoms with E-state index >= 15 is 0 Å². The SMILES string of the molecule is CC(=O)OCNC(=O)CNC(=O)CNC(=O)CNC=O.COCC1c2ccccc2-c2ccccc21. The fraction of sp³-hybridized carbons (Fsp3) is 0.320. The molecule has 4 amide bonds. The quantitative estimate of drug-likeness (QED) is 0.194. The average molecular weight is 499 g/mol. The number of hydrogen-bond donors (Lipinski definition) is 4. The predicted octanol–water partition coefficient (Wildman–Crippen LogP) is 0.0469. The summed E-state index contributed by atoms with van der Waals surface area (Å²) in [5.74, 6) is -1.80. The standard InChI is InChI=1S/C15H14O.C10H16N4O6/c1-16-10-15-13-8-4-2-6-11(13)12-7-3-5-9-14(12)15;1-7(16)20-6-14-10(19)4-13-9(18)3-12-8(17)2-11-5-15/h2-9,15H,10H2,1H3;5H,2-4,6H2,1H3,(H,11,15)(H,12,17)(H,13,18)(H,14,19). The fourth-order valence-corrected chi connectivity index (χ4v) is 3.50. The molecule has 2 aromatic carbocycles. The average Bonchev–Trinajstić information content (AvgIpc) is 3.19. The molecule has 0 aromatic heterocycles. The van der Waals surface area contributed by atoms with E-state index in [-0.39, 0.29) is 26.4 Å². The molecule has 1 aliphatic carbocycles. The van der Waals surface area contributed by atoms with Crippen molar-refractivity contribution in [1.82, 2.24) is 21.3 Å². The van der Waals surface area contributed by atoms with Crippen molar-refractivity contribution in [3.63, 3.8) is 0 Å². The highest BCUT2D eigenvalue weighted by atomic mass is 16.5. The van der Waals surface area contributed by atoms with Crippen LogP contribution in [0.1, 0.15) is 24.0 Å². The lowest BCUT2D eigenvalue weighted by Gasteiger charge is -2.11. The Hall–Kier alpha value is -4.25. The monoisotopic (exact) mass is 498 g/mol. The number of methoxy groups -OCH3 is 1. The molecule has 11 nitrogen and oxygen atoms in total. The van der Waals surface area contributed by atoms with E-state index in [1.165, 1.54) is 29.2 Å². The number of ether oxygens (including phenoxy) is 2. The minimum atomic E-state index is -0.577. The highest BCUT2D eigenvalue weighted by Crippen LogP contribution is 2.44. The third-order valence-electron chi connectivity index (χ3n) is 5.08. The zero-order valence-electron chi connectivity index (χ0n) is 20.2. The summed E-state index contributed by atoms with van der Waals surface area (Å²) >= 11 is 0. The van der Waals surface area contributed by atoms with Crippen LogP contribution in [-0.4, -0.2) is 70.2 Å². The molecule has 4 N–H and O–H groups in total. The summed E-state index contributed by atoms with van der Waals surface area (Å²) in [4.78, 5) is 53.7. The van der Waals surface area contributed by atoms with Crippen molar-refractivity contribution >= 4 is 30.1 Å². The summed E-state index contributed by atoms with van der Waals surface area (Å²) < 4.78 is 9.80. The number of benzene rings is 2. The number of nitrogens with one attached hydrogen (secondary N) is 4. The Morgan fingerprint density at radius 2 is 1.31 bits per heavy atom. The van der Waals surface area contributed by atoms with Gasteiger partial charge < -0.3 is 30.7 Å². The normalized spacial score (nSPS) is 11.1. The van der Waals surface area contributed by atoms with Gasteiger partial charge in [-0.1, -0.05) is 48.5 Å². The Morgan fingerprint density at radius 3 is 1.81 bits per heavy atom. The van der Waals surface area contributed by atoms with Gasteiger partial charge in [0, 0.05) is 20.0 Å². The maximum absolute atomic E-state index is 11.2. The van der Waals surface area contributed by atoms with Crippen molar-refractivity contribution in [2.45, 2.75) is 12.8 Å². The van der Waals surface area contributed by atoms with Gasteiger partial charge in [0.05, 0.1) is 26.2 Å². The Balaban J connectivity index is 0.000000257. The predicted molar refractivity (Wildman–Crippen MR) is 130 cm³/mol. The van der Waals surface area contributed by atoms with Crippen LogP contribution in [0.25, 0.3) is 11.1 Å². The molecule has 192 valence electrons. The number of carbonyl (C=O) groups excluding carboxylic acids is 5. The number of carbonyl (C=O) groups is 5. The van der Waals surface area contributed by atoms with Gasteiger partial charge >= 0.3 is 5.97 Å². The maximum atomic E-state index is 11.2. The van der Waals surface area contributed by atoms with Crippen LogP contribution in [0.5, 0.6) is 0 Å². The molecule has 36 heavy (non-hydrogen) atoms. The van der Waals surface area contributed by atoms with Gasteiger partial charge in [0.15, 0.2) is 6.73 Å². The smallest absolute Gasteiger partial charge is 0.304 e. The summed E-state index contributed by atoms with van der Waals surface area (Å²) in [6.07, 6.45) is 0.354. The summed E-state index contributed by atoms with van der Waals surface area (Å²) in [5.41, 5.74) is 5.51. The zero-order valence-corrected chi connectivity index (χ0v) is 20.2. The highest BCUT2D eigenvalue weighted by Gasteiger charge is 2.27. The van der Waals surface area contributed by atoms with Gasteiger partial charge in [-0.05, 0) is 22.3 Å². The van der Waals surface area contributed by atoms with Crippen LogP contribution in [0.3, 0.4) is 0 Å². The van der Waals surface area contributed by atoms with Crippen molar-refractivity contribution in [3.8, 4) is 11.1 Å². The first-order valence-electron chi connectivity index (χ1n) is 11.1. The van der Waals surface area contributed by atoms with Crippen LogP contribution in [0.4, 0.5) is 0 Å². The molecular weight excluding hydrogens is 468 g/mol. The molecule has 0 saturated carbocycles. The van der Waals surface area contributed by atoms with Crippen LogP contribution < -0.4 is 21.3 Å². The number of hydrogen-bond acceptors (Lipinski definition) is 7. The lowest BCUT2D eigenvalue weighted by Crippen LogP contribution is -2.44. The molecule has 0 fully saturated rings. The number of rotatable bonds is 11. The van der Waals surface area contributed by atoms with E-state index in [4.69, 9.17) is 4.74 Å². The van der Waals surface area contributed by atoms with Gasteiger partial charge in [0.2, 0.25) is 24.1 Å². The molecule has 11 heteroatoms. The van der Waals surface area contributed by atoms with Gasteiger partial charge in [-0.25, -0.2) is 0 Å². The molecule has 2 aromatic rings. The van der Waals surface area contributed by atoms with E-state index in [1.807, 2.05) is 0 Å². The van der Waals surface area contributed by atoms with Gasteiger partial charge in [-0.3, -0.25) is 24.0 Å². The van der Waals surface area contributed by atoms with E-state index in [0.29, 0.717) is 12.3 Å². The van der Waals surface area contributed by atoms with Gasteiger partial charge in [0.25, 0.3) is 0 Å². The van der Waals surface area contributed by atoms with Gasteiger partial charge in [-0.15, -0.1) is 0 Å².